The van der Waals surface area contributed by atoms with E-state index in [1.165, 1.54) is 12.8 Å². The van der Waals surface area contributed by atoms with Crippen LogP contribution >= 0.6 is 0 Å². The zero-order valence-corrected chi connectivity index (χ0v) is 15.5. The molecule has 0 aliphatic carbocycles. The number of nitrogens with one attached hydrogen (secondary N) is 2. The van der Waals surface area contributed by atoms with Gasteiger partial charge in [-0.1, -0.05) is 18.1 Å². The number of urea groups is 1. The lowest BCUT2D eigenvalue weighted by Gasteiger charge is -2.27. The van der Waals surface area contributed by atoms with E-state index in [4.69, 9.17) is 9.26 Å². The van der Waals surface area contributed by atoms with Gasteiger partial charge in [-0.2, -0.15) is 4.98 Å². The second kappa shape index (κ2) is 8.06. The first kappa shape index (κ1) is 17.9. The normalized spacial score (nSPS) is 22.9. The number of likely N-dealkylation sites (tertiary alicyclic amines) is 1. The van der Waals surface area contributed by atoms with Gasteiger partial charge in [-0.3, -0.25) is 4.90 Å². The predicted octanol–water partition coefficient (Wildman–Crippen LogP) is 2.28. The van der Waals surface area contributed by atoms with E-state index < -0.39 is 0 Å². The van der Waals surface area contributed by atoms with Crippen LogP contribution in [0.3, 0.4) is 0 Å². The van der Waals surface area contributed by atoms with Crippen LogP contribution < -0.4 is 10.6 Å². The van der Waals surface area contributed by atoms with Gasteiger partial charge in [0.1, 0.15) is 0 Å². The summed E-state index contributed by atoms with van der Waals surface area (Å²) >= 11 is 0. The van der Waals surface area contributed by atoms with Gasteiger partial charge in [-0.15, -0.1) is 0 Å². The molecular weight excluding hydrogens is 346 g/mol. The molecule has 2 atom stereocenters. The molecule has 8 nitrogen and oxygen atoms in total. The smallest absolute Gasteiger partial charge is 0.319 e. The van der Waals surface area contributed by atoms with Gasteiger partial charge in [0.25, 0.3) is 5.89 Å². The Labute approximate surface area is 158 Å². The van der Waals surface area contributed by atoms with Gasteiger partial charge in [0.05, 0.1) is 25.3 Å². The Hall–Kier alpha value is -2.45. The van der Waals surface area contributed by atoms with Crippen molar-refractivity contribution in [1.29, 1.82) is 0 Å². The second-order valence-electron chi connectivity index (χ2n) is 7.00. The maximum absolute atomic E-state index is 12.5. The van der Waals surface area contributed by atoms with Crippen molar-refractivity contribution in [3.63, 3.8) is 0 Å². The number of aromatic nitrogens is 2. The minimum Gasteiger partial charge on any atom is -0.378 e. The molecule has 0 saturated carbocycles. The largest absolute Gasteiger partial charge is 0.378 e. The number of nitrogens with zero attached hydrogens (tertiary/aromatic N) is 3. The van der Waals surface area contributed by atoms with Crippen molar-refractivity contribution in [3.05, 3.63) is 30.1 Å². The van der Waals surface area contributed by atoms with Crippen molar-refractivity contribution in [2.24, 2.45) is 0 Å². The van der Waals surface area contributed by atoms with Crippen LogP contribution in [0.4, 0.5) is 10.5 Å². The van der Waals surface area contributed by atoms with E-state index in [-0.39, 0.29) is 18.1 Å². The number of hydrogen-bond acceptors (Lipinski definition) is 6. The summed E-state index contributed by atoms with van der Waals surface area (Å²) in [6.07, 6.45) is 3.15. The van der Waals surface area contributed by atoms with Crippen LogP contribution in [0.2, 0.25) is 0 Å². The Bertz CT molecular complexity index is 787. The third-order valence-corrected chi connectivity index (χ3v) is 5.13. The van der Waals surface area contributed by atoms with Crippen LogP contribution in [0.1, 0.15) is 25.6 Å². The van der Waals surface area contributed by atoms with Crippen molar-refractivity contribution in [2.75, 3.05) is 31.6 Å². The molecule has 4 rings (SSSR count). The minimum atomic E-state index is -0.230. The molecule has 144 valence electrons. The van der Waals surface area contributed by atoms with Gasteiger partial charge in [0.15, 0.2) is 5.82 Å². The number of aryl methyl sites for hydroxylation is 1. The predicted molar refractivity (Wildman–Crippen MR) is 100 cm³/mol. The zero-order valence-electron chi connectivity index (χ0n) is 15.5. The Kier molecular flexibility index (Phi) is 5.35. The lowest BCUT2D eigenvalue weighted by molar-refractivity contribution is 0.159. The molecule has 2 N–H and O–H groups in total. The molecule has 27 heavy (non-hydrogen) atoms. The molecule has 2 fully saturated rings. The Balaban J connectivity index is 1.38. The highest BCUT2D eigenvalue weighted by atomic mass is 16.5. The summed E-state index contributed by atoms with van der Waals surface area (Å²) < 4.78 is 10.9. The second-order valence-corrected chi connectivity index (χ2v) is 7.00. The number of anilines is 1. The van der Waals surface area contributed by atoms with E-state index in [2.05, 4.69) is 25.7 Å². The van der Waals surface area contributed by atoms with Crippen LogP contribution in [0, 0.1) is 0 Å². The molecule has 3 heterocycles. The zero-order chi connectivity index (χ0) is 18.6. The Morgan fingerprint density at radius 2 is 2.15 bits per heavy atom. The molecule has 0 radical (unpaired) electrons. The van der Waals surface area contributed by atoms with E-state index in [1.807, 2.05) is 31.2 Å². The van der Waals surface area contributed by atoms with E-state index in [1.54, 1.807) is 0 Å². The fourth-order valence-corrected chi connectivity index (χ4v) is 3.69. The molecular formula is C19H25N5O3. The highest BCUT2D eigenvalue weighted by Gasteiger charge is 2.35. The van der Waals surface area contributed by atoms with Crippen LogP contribution in [-0.2, 0) is 11.2 Å². The summed E-state index contributed by atoms with van der Waals surface area (Å²) in [4.78, 5) is 19.2. The number of rotatable bonds is 5. The molecule has 2 aromatic rings. The Morgan fingerprint density at radius 1 is 1.30 bits per heavy atom. The molecule has 0 spiro atoms. The summed E-state index contributed by atoms with van der Waals surface area (Å²) in [6, 6.07) is 7.44. The topological polar surface area (TPSA) is 92.5 Å². The maximum Gasteiger partial charge on any atom is 0.319 e. The van der Waals surface area contributed by atoms with Crippen molar-refractivity contribution in [3.8, 4) is 11.5 Å². The van der Waals surface area contributed by atoms with Crippen molar-refractivity contribution in [2.45, 2.75) is 38.3 Å². The van der Waals surface area contributed by atoms with E-state index in [0.29, 0.717) is 37.0 Å². The van der Waals surface area contributed by atoms with E-state index >= 15 is 0 Å². The Morgan fingerprint density at radius 3 is 2.93 bits per heavy atom. The van der Waals surface area contributed by atoms with Gasteiger partial charge in [0, 0.05) is 17.7 Å². The molecule has 0 unspecified atom stereocenters. The molecule has 2 aliphatic heterocycles. The van der Waals surface area contributed by atoms with Crippen molar-refractivity contribution < 1.29 is 14.1 Å². The lowest BCUT2D eigenvalue weighted by atomic mass is 10.1. The molecule has 1 aromatic heterocycles. The van der Waals surface area contributed by atoms with Gasteiger partial charge < -0.3 is 19.9 Å². The first-order valence-corrected chi connectivity index (χ1v) is 9.55. The molecule has 1 aromatic carbocycles. The number of benzene rings is 1. The molecule has 8 heteroatoms. The minimum absolute atomic E-state index is 0.00864. The van der Waals surface area contributed by atoms with Crippen LogP contribution in [-0.4, -0.2) is 59.5 Å². The van der Waals surface area contributed by atoms with E-state index in [0.717, 1.165) is 18.7 Å². The van der Waals surface area contributed by atoms with Crippen LogP contribution in [0.5, 0.6) is 0 Å². The molecule has 2 amide bonds. The third kappa shape index (κ3) is 4.12. The molecule has 0 bridgehead atoms. The highest BCUT2D eigenvalue weighted by Crippen LogP contribution is 2.22. The van der Waals surface area contributed by atoms with Gasteiger partial charge in [-0.05, 0) is 44.1 Å². The summed E-state index contributed by atoms with van der Waals surface area (Å²) in [5, 5.41) is 9.87. The lowest BCUT2D eigenvalue weighted by Crippen LogP contribution is -2.51. The first-order valence-electron chi connectivity index (χ1n) is 9.55. The SMILES string of the molecule is CCc1noc(-c2cccc(NC(=O)N[C@@H]3COC[C@H]3N3CCCC3)c2)n1. The number of carbonyl (C=O) groups is 1. The maximum atomic E-state index is 12.5. The summed E-state index contributed by atoms with van der Waals surface area (Å²) in [5.74, 6) is 1.12. The monoisotopic (exact) mass is 371 g/mol. The molecule has 2 aliphatic rings. The fraction of sp³-hybridized carbons (Fsp3) is 0.526. The van der Waals surface area contributed by atoms with Crippen LogP contribution in [0.15, 0.2) is 28.8 Å². The molecule has 2 saturated heterocycles. The summed E-state index contributed by atoms with van der Waals surface area (Å²) in [7, 11) is 0. The quantitative estimate of drug-likeness (QED) is 0.838. The van der Waals surface area contributed by atoms with Gasteiger partial charge in [-0.25, -0.2) is 4.79 Å². The highest BCUT2D eigenvalue weighted by molar-refractivity contribution is 5.90. The van der Waals surface area contributed by atoms with Crippen molar-refractivity contribution in [1.82, 2.24) is 20.4 Å². The van der Waals surface area contributed by atoms with Crippen LogP contribution in [0.25, 0.3) is 11.5 Å². The number of hydrogen-bond donors (Lipinski definition) is 2. The standard InChI is InChI=1S/C19H25N5O3/c1-2-17-22-18(27-23-17)13-6-5-7-14(10-13)20-19(25)21-15-11-26-12-16(15)24-8-3-4-9-24/h5-7,10,15-16H,2-4,8-9,11-12H2,1H3,(H2,20,21,25)/t15-,16-/m1/s1. The summed E-state index contributed by atoms with van der Waals surface area (Å²) in [6.45, 7) is 5.37. The fourth-order valence-electron chi connectivity index (χ4n) is 3.69. The number of amides is 2. The average molecular weight is 371 g/mol. The summed E-state index contributed by atoms with van der Waals surface area (Å²) in [5.41, 5.74) is 1.46. The third-order valence-electron chi connectivity index (χ3n) is 5.13. The van der Waals surface area contributed by atoms with Crippen molar-refractivity contribution >= 4 is 11.7 Å². The number of ether oxygens (including phenoxy) is 1. The first-order chi connectivity index (χ1) is 13.2. The number of carbonyl (C=O) groups excluding carboxylic acids is 1. The van der Waals surface area contributed by atoms with Gasteiger partial charge >= 0.3 is 6.03 Å². The van der Waals surface area contributed by atoms with E-state index in [9.17, 15) is 4.79 Å². The van der Waals surface area contributed by atoms with Gasteiger partial charge in [0.2, 0.25) is 0 Å². The average Bonchev–Trinajstić information content (AvgIpc) is 3.42.